The molecule has 5 rings (SSSR count). The number of halogens is 2. The third kappa shape index (κ3) is 6.90. The first kappa shape index (κ1) is 36.0. The minimum absolute atomic E-state index is 0.0433. The number of hydrogen-bond donors (Lipinski definition) is 2. The molecule has 0 saturated carbocycles. The molecule has 3 aromatic carbocycles. The predicted molar refractivity (Wildman–Crippen MR) is 184 cm³/mol. The summed E-state index contributed by atoms with van der Waals surface area (Å²) in [6, 6.07) is 24.8. The van der Waals surface area contributed by atoms with Crippen LogP contribution < -0.4 is 14.8 Å². The largest absolute Gasteiger partial charge is 0.497 e. The minimum atomic E-state index is -2.64. The zero-order chi connectivity index (χ0) is 34.7. The SMILES string of the molecule is COc1ccc(C(OC[C@]2(CO)O[C@@H](N3C=C(F)CNC3)[C@@H](F)[C@@H]2O[Si](C)(C)C(C)(C)C)(c2ccccc2)c2ccc(OC)cc2)cc1. The van der Waals surface area contributed by atoms with Crippen LogP contribution in [0.4, 0.5) is 8.78 Å². The van der Waals surface area contributed by atoms with E-state index in [4.69, 9.17) is 23.4 Å². The molecular weight excluding hydrogens is 634 g/mol. The van der Waals surface area contributed by atoms with E-state index in [-0.39, 0.29) is 24.9 Å². The van der Waals surface area contributed by atoms with Gasteiger partial charge in [-0.25, -0.2) is 8.78 Å². The van der Waals surface area contributed by atoms with Gasteiger partial charge < -0.3 is 33.4 Å². The van der Waals surface area contributed by atoms with Crippen molar-refractivity contribution in [3.05, 3.63) is 108 Å². The Kier molecular flexibility index (Phi) is 10.7. The van der Waals surface area contributed by atoms with Crippen LogP contribution in [0, 0.1) is 0 Å². The fraction of sp³-hybridized carbons (Fsp3) is 0.459. The van der Waals surface area contributed by atoms with E-state index in [2.05, 4.69) is 26.1 Å². The zero-order valence-electron chi connectivity index (χ0n) is 28.8. The summed E-state index contributed by atoms with van der Waals surface area (Å²) in [6.07, 6.45) is -2.92. The molecular formula is C37H48F2N2O6Si. The topological polar surface area (TPSA) is 81.7 Å². The number of ether oxygens (including phenoxy) is 4. The maximum atomic E-state index is 16.9. The van der Waals surface area contributed by atoms with Gasteiger partial charge in [-0.3, -0.25) is 5.32 Å². The Balaban J connectivity index is 1.66. The highest BCUT2D eigenvalue weighted by molar-refractivity contribution is 6.74. The third-order valence-corrected chi connectivity index (χ3v) is 14.3. The van der Waals surface area contributed by atoms with Crippen LogP contribution in [0.5, 0.6) is 11.5 Å². The minimum Gasteiger partial charge on any atom is -0.497 e. The van der Waals surface area contributed by atoms with Gasteiger partial charge in [0.1, 0.15) is 34.6 Å². The Hall–Kier alpha value is -3.32. The lowest BCUT2D eigenvalue weighted by Gasteiger charge is -2.44. The summed E-state index contributed by atoms with van der Waals surface area (Å²) >= 11 is 0. The summed E-state index contributed by atoms with van der Waals surface area (Å²) in [5.41, 5.74) is -0.570. The quantitative estimate of drug-likeness (QED) is 0.166. The van der Waals surface area contributed by atoms with Crippen molar-refractivity contribution in [2.24, 2.45) is 0 Å². The molecule has 1 fully saturated rings. The molecule has 2 heterocycles. The third-order valence-electron chi connectivity index (χ3n) is 9.86. The number of nitrogens with zero attached hydrogens (tertiary/aromatic N) is 1. The highest BCUT2D eigenvalue weighted by atomic mass is 28.4. The van der Waals surface area contributed by atoms with Gasteiger partial charge in [-0.05, 0) is 59.1 Å². The second-order valence-corrected chi connectivity index (χ2v) is 18.7. The van der Waals surface area contributed by atoms with Gasteiger partial charge in [0.2, 0.25) is 0 Å². The number of alkyl halides is 1. The molecule has 11 heteroatoms. The lowest BCUT2D eigenvalue weighted by molar-refractivity contribution is -0.182. The smallest absolute Gasteiger partial charge is 0.192 e. The standard InChI is InChI=1S/C37H48F2N2O6Si/c1-35(2,3)48(6,7)47-33-32(39)34(41-22-29(38)21-40-25-41)46-36(33,23-42)24-45-37(26-11-9-8-10-12-26,27-13-17-30(43-4)18-14-27)28-15-19-31(44-5)20-16-28/h8-20,22,32-34,40,42H,21,23-25H2,1-7H3/t32-,33-,34+,36-/m0/s1. The molecule has 0 unspecified atom stereocenters. The first-order valence-corrected chi connectivity index (χ1v) is 19.1. The fourth-order valence-corrected chi connectivity index (χ4v) is 7.40. The maximum Gasteiger partial charge on any atom is 0.192 e. The van der Waals surface area contributed by atoms with E-state index in [9.17, 15) is 9.50 Å². The van der Waals surface area contributed by atoms with Crippen LogP contribution in [0.15, 0.2) is 90.9 Å². The van der Waals surface area contributed by atoms with Gasteiger partial charge in [-0.15, -0.1) is 0 Å². The average Bonchev–Trinajstić information content (AvgIpc) is 3.36. The van der Waals surface area contributed by atoms with E-state index >= 15 is 4.39 Å². The number of methoxy groups -OCH3 is 2. The van der Waals surface area contributed by atoms with Gasteiger partial charge >= 0.3 is 0 Å². The van der Waals surface area contributed by atoms with Crippen LogP contribution in [0.2, 0.25) is 18.1 Å². The van der Waals surface area contributed by atoms with E-state index in [1.54, 1.807) is 14.2 Å². The molecule has 2 aliphatic rings. The first-order chi connectivity index (χ1) is 22.8. The van der Waals surface area contributed by atoms with Crippen molar-refractivity contribution in [3.63, 3.8) is 0 Å². The van der Waals surface area contributed by atoms with Gasteiger partial charge in [0.25, 0.3) is 0 Å². The van der Waals surface area contributed by atoms with Gasteiger partial charge in [0.15, 0.2) is 20.7 Å². The van der Waals surface area contributed by atoms with Crippen molar-refractivity contribution in [2.45, 2.75) is 68.6 Å². The van der Waals surface area contributed by atoms with Crippen molar-refractivity contribution in [1.82, 2.24) is 10.2 Å². The molecule has 2 aliphatic heterocycles. The van der Waals surface area contributed by atoms with Gasteiger partial charge in [0, 0.05) is 6.20 Å². The Morgan fingerprint density at radius 1 is 0.917 bits per heavy atom. The van der Waals surface area contributed by atoms with Crippen LogP contribution in [0.25, 0.3) is 0 Å². The summed E-state index contributed by atoms with van der Waals surface area (Å²) in [4.78, 5) is 1.44. The number of rotatable bonds is 12. The van der Waals surface area contributed by atoms with Crippen molar-refractivity contribution >= 4 is 8.32 Å². The molecule has 0 radical (unpaired) electrons. The second-order valence-electron chi connectivity index (χ2n) is 13.9. The zero-order valence-corrected chi connectivity index (χ0v) is 29.8. The Bertz CT molecular complexity index is 1490. The molecule has 4 atom stereocenters. The van der Waals surface area contributed by atoms with Crippen LogP contribution in [0.3, 0.4) is 0 Å². The molecule has 8 nitrogen and oxygen atoms in total. The Morgan fingerprint density at radius 3 is 1.94 bits per heavy atom. The van der Waals surface area contributed by atoms with Crippen molar-refractivity contribution in [3.8, 4) is 11.5 Å². The average molecular weight is 683 g/mol. The summed E-state index contributed by atoms with van der Waals surface area (Å²) in [7, 11) is 0.573. The summed E-state index contributed by atoms with van der Waals surface area (Å²) in [6.45, 7) is 9.60. The normalized spacial score (nSPS) is 23.6. The predicted octanol–water partition coefficient (Wildman–Crippen LogP) is 6.50. The highest BCUT2D eigenvalue weighted by Crippen LogP contribution is 2.47. The van der Waals surface area contributed by atoms with Crippen LogP contribution in [-0.2, 0) is 19.5 Å². The fourth-order valence-electron chi connectivity index (χ4n) is 6.06. The molecule has 2 N–H and O–H groups in total. The lowest BCUT2D eigenvalue weighted by atomic mass is 9.79. The molecule has 0 aromatic heterocycles. The Labute approximate surface area is 283 Å². The summed E-state index contributed by atoms with van der Waals surface area (Å²) < 4.78 is 62.7. The highest BCUT2D eigenvalue weighted by Gasteiger charge is 2.61. The molecule has 0 bridgehead atoms. The molecule has 0 aliphatic carbocycles. The number of nitrogens with one attached hydrogen (secondary N) is 1. The van der Waals surface area contributed by atoms with E-state index in [0.717, 1.165) is 16.7 Å². The molecule has 260 valence electrons. The van der Waals surface area contributed by atoms with E-state index in [1.165, 1.54) is 11.1 Å². The lowest BCUT2D eigenvalue weighted by Crippen LogP contribution is -2.57. The van der Waals surface area contributed by atoms with E-state index in [1.807, 2.05) is 92.0 Å². The molecule has 1 saturated heterocycles. The van der Waals surface area contributed by atoms with Crippen LogP contribution in [0.1, 0.15) is 37.5 Å². The molecule has 0 amide bonds. The van der Waals surface area contributed by atoms with Crippen molar-refractivity contribution in [2.75, 3.05) is 40.6 Å². The van der Waals surface area contributed by atoms with Crippen LogP contribution in [-0.4, -0.2) is 83.1 Å². The summed E-state index contributed by atoms with van der Waals surface area (Å²) in [5.74, 6) is 0.893. The maximum absolute atomic E-state index is 16.9. The number of benzene rings is 3. The number of aliphatic hydroxyl groups is 1. The Morgan fingerprint density at radius 2 is 1.46 bits per heavy atom. The summed E-state index contributed by atoms with van der Waals surface area (Å²) in [5, 5.41) is 13.9. The number of hydrogen-bond acceptors (Lipinski definition) is 8. The second kappa shape index (κ2) is 14.3. The van der Waals surface area contributed by atoms with Gasteiger partial charge in [0.05, 0.1) is 40.6 Å². The molecule has 48 heavy (non-hydrogen) atoms. The van der Waals surface area contributed by atoms with Crippen LogP contribution >= 0.6 is 0 Å². The van der Waals surface area contributed by atoms with Crippen molar-refractivity contribution < 1.29 is 37.3 Å². The van der Waals surface area contributed by atoms with E-state index < -0.39 is 50.5 Å². The number of aliphatic hydroxyl groups excluding tert-OH is 1. The monoisotopic (exact) mass is 682 g/mol. The van der Waals surface area contributed by atoms with Gasteiger partial charge in [-0.2, -0.15) is 0 Å². The van der Waals surface area contributed by atoms with E-state index in [0.29, 0.717) is 11.5 Å². The van der Waals surface area contributed by atoms with Gasteiger partial charge in [-0.1, -0.05) is 75.4 Å². The first-order valence-electron chi connectivity index (χ1n) is 16.2. The van der Waals surface area contributed by atoms with Crippen molar-refractivity contribution in [1.29, 1.82) is 0 Å². The molecule has 0 spiro atoms. The molecule has 3 aromatic rings.